The average Bonchev–Trinajstić information content (AvgIpc) is 3.31. The summed E-state index contributed by atoms with van der Waals surface area (Å²) in [5, 5.41) is 13.5. The Morgan fingerprint density at radius 2 is 1.91 bits per heavy atom. The number of fused-ring (bicyclic) bond motifs is 1. The molecule has 0 spiro atoms. The third kappa shape index (κ3) is 4.72. The number of halogens is 2. The average molecular weight is 448 g/mol. The second-order valence-corrected chi connectivity index (χ2v) is 8.96. The number of amides is 1. The van der Waals surface area contributed by atoms with Crippen LogP contribution < -0.4 is 14.8 Å². The molecule has 2 aromatic carbocycles. The molecule has 2 aromatic rings. The van der Waals surface area contributed by atoms with E-state index >= 15 is 0 Å². The molecule has 172 valence electrons. The van der Waals surface area contributed by atoms with Crippen molar-refractivity contribution in [2.75, 3.05) is 19.9 Å². The van der Waals surface area contributed by atoms with Gasteiger partial charge in [-0.05, 0) is 39.3 Å². The number of nitrogens with zero attached hydrogens (tertiary/aromatic N) is 1. The maximum atomic E-state index is 14.8. The maximum Gasteiger partial charge on any atom is 0.407 e. The standard InChI is InChI=1S/C23H26F2N2O5/c1-23(2,3)32-22(29)26-14-6-7-27(11-14)21(15-5-4-13(24)8-17(15)25)16-9-19-20(10-18(16)28)31-12-30-19/h4-5,8-10,14,21,28H,6-7,11-12H2,1-3H3,(H,26,29)/t14-,21?/m1/s1. The zero-order chi connectivity index (χ0) is 23.0. The van der Waals surface area contributed by atoms with Crippen molar-refractivity contribution < 1.29 is 32.9 Å². The van der Waals surface area contributed by atoms with Crippen molar-refractivity contribution in [1.82, 2.24) is 10.2 Å². The SMILES string of the molecule is CC(C)(C)OC(=O)N[C@@H]1CCN(C(c2cc3c(cc2O)OCO3)c2ccc(F)cc2F)C1. The quantitative estimate of drug-likeness (QED) is 0.734. The third-order valence-corrected chi connectivity index (χ3v) is 5.38. The van der Waals surface area contributed by atoms with Crippen LogP contribution in [-0.4, -0.2) is 47.6 Å². The molecule has 32 heavy (non-hydrogen) atoms. The van der Waals surface area contributed by atoms with Crippen molar-refractivity contribution in [3.05, 3.63) is 53.1 Å². The van der Waals surface area contributed by atoms with Crippen LogP contribution in [0, 0.1) is 11.6 Å². The van der Waals surface area contributed by atoms with E-state index < -0.39 is 29.4 Å². The van der Waals surface area contributed by atoms with E-state index in [1.807, 2.05) is 4.90 Å². The topological polar surface area (TPSA) is 80.3 Å². The molecule has 0 saturated carbocycles. The van der Waals surface area contributed by atoms with E-state index in [0.29, 0.717) is 36.6 Å². The van der Waals surface area contributed by atoms with E-state index in [4.69, 9.17) is 14.2 Å². The molecule has 4 rings (SSSR count). The van der Waals surface area contributed by atoms with Crippen LogP contribution in [0.4, 0.5) is 13.6 Å². The number of phenolic OH excluding ortho intramolecular Hbond substituents is 1. The molecule has 2 aliphatic rings. The molecule has 0 aromatic heterocycles. The molecule has 9 heteroatoms. The van der Waals surface area contributed by atoms with Gasteiger partial charge in [0, 0.05) is 42.4 Å². The highest BCUT2D eigenvalue weighted by molar-refractivity contribution is 5.68. The van der Waals surface area contributed by atoms with Gasteiger partial charge in [0.05, 0.1) is 6.04 Å². The minimum atomic E-state index is -0.726. The molecule has 2 heterocycles. The number of likely N-dealkylation sites (tertiary alicyclic amines) is 1. The minimum Gasteiger partial charge on any atom is -0.507 e. The number of aromatic hydroxyl groups is 1. The Labute approximate surface area is 184 Å². The zero-order valence-electron chi connectivity index (χ0n) is 18.2. The molecule has 7 nitrogen and oxygen atoms in total. The number of phenols is 1. The number of carbonyl (C=O) groups excluding carboxylic acids is 1. The number of hydrogen-bond donors (Lipinski definition) is 2. The van der Waals surface area contributed by atoms with Gasteiger partial charge in [0.25, 0.3) is 0 Å². The van der Waals surface area contributed by atoms with Gasteiger partial charge in [0.2, 0.25) is 6.79 Å². The first kappa shape index (κ1) is 22.1. The van der Waals surface area contributed by atoms with Crippen molar-refractivity contribution in [3.8, 4) is 17.2 Å². The van der Waals surface area contributed by atoms with Crippen molar-refractivity contribution in [3.63, 3.8) is 0 Å². The summed E-state index contributed by atoms with van der Waals surface area (Å²) in [7, 11) is 0. The van der Waals surface area contributed by atoms with Crippen LogP contribution in [0.15, 0.2) is 30.3 Å². The molecule has 2 aliphatic heterocycles. The number of ether oxygens (including phenoxy) is 3. The number of benzene rings is 2. The van der Waals surface area contributed by atoms with Crippen molar-refractivity contribution >= 4 is 6.09 Å². The van der Waals surface area contributed by atoms with Gasteiger partial charge in [-0.2, -0.15) is 0 Å². The van der Waals surface area contributed by atoms with Gasteiger partial charge in [-0.25, -0.2) is 13.6 Å². The van der Waals surface area contributed by atoms with Gasteiger partial charge < -0.3 is 24.6 Å². The van der Waals surface area contributed by atoms with Crippen LogP contribution in [0.5, 0.6) is 17.2 Å². The Morgan fingerprint density at radius 1 is 1.19 bits per heavy atom. The van der Waals surface area contributed by atoms with Gasteiger partial charge in [-0.15, -0.1) is 0 Å². The number of rotatable bonds is 4. The lowest BCUT2D eigenvalue weighted by atomic mass is 9.95. The molecule has 2 atom stereocenters. The minimum absolute atomic E-state index is 0.0272. The van der Waals surface area contributed by atoms with E-state index in [1.165, 1.54) is 18.2 Å². The predicted molar refractivity (Wildman–Crippen MR) is 112 cm³/mol. The Morgan fingerprint density at radius 3 is 2.59 bits per heavy atom. The Balaban J connectivity index is 1.63. The second-order valence-electron chi connectivity index (χ2n) is 8.96. The number of carbonyl (C=O) groups is 1. The summed E-state index contributed by atoms with van der Waals surface area (Å²) in [6.45, 7) is 6.26. The highest BCUT2D eigenvalue weighted by Gasteiger charge is 2.35. The summed E-state index contributed by atoms with van der Waals surface area (Å²) in [5.74, 6) is -0.670. The summed E-state index contributed by atoms with van der Waals surface area (Å²) in [6, 6.07) is 5.45. The smallest absolute Gasteiger partial charge is 0.407 e. The van der Waals surface area contributed by atoms with E-state index in [0.717, 1.165) is 6.07 Å². The fourth-order valence-electron chi connectivity index (χ4n) is 4.06. The van der Waals surface area contributed by atoms with Crippen molar-refractivity contribution in [2.24, 2.45) is 0 Å². The molecule has 1 saturated heterocycles. The fraction of sp³-hybridized carbons (Fsp3) is 0.435. The lowest BCUT2D eigenvalue weighted by molar-refractivity contribution is 0.0505. The van der Waals surface area contributed by atoms with Gasteiger partial charge in [-0.1, -0.05) is 6.07 Å². The van der Waals surface area contributed by atoms with E-state index in [9.17, 15) is 18.7 Å². The summed E-state index contributed by atoms with van der Waals surface area (Å²) in [5.41, 5.74) is -0.0170. The van der Waals surface area contributed by atoms with Gasteiger partial charge in [-0.3, -0.25) is 4.90 Å². The highest BCUT2D eigenvalue weighted by Crippen LogP contribution is 2.44. The number of hydrogen-bond acceptors (Lipinski definition) is 6. The monoisotopic (exact) mass is 448 g/mol. The summed E-state index contributed by atoms with van der Waals surface area (Å²) in [6.07, 6.45) is 0.0731. The molecule has 1 amide bonds. The van der Waals surface area contributed by atoms with Gasteiger partial charge >= 0.3 is 6.09 Å². The van der Waals surface area contributed by atoms with Gasteiger partial charge in [0.15, 0.2) is 11.5 Å². The van der Waals surface area contributed by atoms with E-state index in [2.05, 4.69) is 5.32 Å². The van der Waals surface area contributed by atoms with Crippen molar-refractivity contribution in [2.45, 2.75) is 44.9 Å². The molecular weight excluding hydrogens is 422 g/mol. The molecule has 1 fully saturated rings. The molecule has 0 bridgehead atoms. The molecule has 0 radical (unpaired) electrons. The normalized spacial score (nSPS) is 19.1. The van der Waals surface area contributed by atoms with E-state index in [-0.39, 0.29) is 24.1 Å². The fourth-order valence-corrected chi connectivity index (χ4v) is 4.06. The van der Waals surface area contributed by atoms with Crippen LogP contribution in [0.3, 0.4) is 0 Å². The highest BCUT2D eigenvalue weighted by atomic mass is 19.1. The summed E-state index contributed by atoms with van der Waals surface area (Å²) < 4.78 is 44.5. The molecule has 0 aliphatic carbocycles. The first-order chi connectivity index (χ1) is 15.1. The lowest BCUT2D eigenvalue weighted by Crippen LogP contribution is -2.41. The van der Waals surface area contributed by atoms with Crippen LogP contribution in [-0.2, 0) is 4.74 Å². The molecule has 2 N–H and O–H groups in total. The van der Waals surface area contributed by atoms with Crippen LogP contribution in [0.1, 0.15) is 44.4 Å². The second kappa shape index (κ2) is 8.46. The maximum absolute atomic E-state index is 14.8. The Bertz CT molecular complexity index is 1020. The van der Waals surface area contributed by atoms with Crippen molar-refractivity contribution in [1.29, 1.82) is 0 Å². The van der Waals surface area contributed by atoms with Crippen LogP contribution >= 0.6 is 0 Å². The van der Waals surface area contributed by atoms with Crippen LogP contribution in [0.25, 0.3) is 0 Å². The first-order valence-electron chi connectivity index (χ1n) is 10.4. The van der Waals surface area contributed by atoms with Crippen LogP contribution in [0.2, 0.25) is 0 Å². The Hall–Kier alpha value is -3.07. The summed E-state index contributed by atoms with van der Waals surface area (Å²) >= 11 is 0. The zero-order valence-corrected chi connectivity index (χ0v) is 18.2. The number of alkyl carbamates (subject to hydrolysis) is 1. The molecular formula is C23H26F2N2O5. The first-order valence-corrected chi connectivity index (χ1v) is 10.4. The summed E-state index contributed by atoms with van der Waals surface area (Å²) in [4.78, 5) is 14.1. The van der Waals surface area contributed by atoms with E-state index in [1.54, 1.807) is 26.8 Å². The largest absolute Gasteiger partial charge is 0.507 e. The molecule has 1 unspecified atom stereocenters. The lowest BCUT2D eigenvalue weighted by Gasteiger charge is -2.30. The Kier molecular flexibility index (Phi) is 5.85. The number of nitrogens with one attached hydrogen (secondary N) is 1. The predicted octanol–water partition coefficient (Wildman–Crippen LogP) is 4.09. The van der Waals surface area contributed by atoms with Gasteiger partial charge in [0.1, 0.15) is 23.0 Å². The third-order valence-electron chi connectivity index (χ3n) is 5.38.